The van der Waals surface area contributed by atoms with Crippen LogP contribution in [0, 0.1) is 0 Å². The first-order chi connectivity index (χ1) is 13.3. The zero-order valence-electron chi connectivity index (χ0n) is 15.8. The maximum Gasteiger partial charge on any atom is 0.118 e. The molecule has 1 aliphatic rings. The van der Waals surface area contributed by atoms with Crippen LogP contribution in [0.4, 0.5) is 0 Å². The summed E-state index contributed by atoms with van der Waals surface area (Å²) in [4.78, 5) is 1.63. The zero-order chi connectivity index (χ0) is 18.5. The van der Waals surface area contributed by atoms with Gasteiger partial charge in [-0.15, -0.1) is 0 Å². The van der Waals surface area contributed by atoms with Crippen molar-refractivity contribution in [3.63, 3.8) is 0 Å². The van der Waals surface area contributed by atoms with Crippen molar-refractivity contribution in [1.29, 1.82) is 0 Å². The average molecular weight is 360 g/mol. The van der Waals surface area contributed by atoms with E-state index in [1.807, 2.05) is 30.5 Å². The Morgan fingerprint density at radius 2 is 1.70 bits per heavy atom. The van der Waals surface area contributed by atoms with E-state index in [1.54, 1.807) is 12.0 Å². The predicted octanol–water partition coefficient (Wildman–Crippen LogP) is 2.58. The molecule has 0 amide bonds. The Morgan fingerprint density at radius 1 is 0.963 bits per heavy atom. The second-order valence-corrected chi connectivity index (χ2v) is 7.04. The highest BCUT2D eigenvalue weighted by Gasteiger charge is 2.19. The molecule has 1 aliphatic heterocycles. The van der Waals surface area contributed by atoms with Gasteiger partial charge >= 0.3 is 0 Å². The molecule has 3 aromatic carbocycles. The molecule has 1 saturated heterocycles. The molecule has 0 atom stereocenters. The third-order valence-electron chi connectivity index (χ3n) is 5.25. The van der Waals surface area contributed by atoms with Gasteiger partial charge in [0.2, 0.25) is 0 Å². The fraction of sp³-hybridized carbons (Fsp3) is 0.261. The van der Waals surface area contributed by atoms with Gasteiger partial charge in [0, 0.05) is 5.56 Å². The van der Waals surface area contributed by atoms with Gasteiger partial charge in [-0.1, -0.05) is 42.5 Å². The van der Waals surface area contributed by atoms with Gasteiger partial charge in [-0.2, -0.15) is 5.10 Å². The Balaban J connectivity index is 1.34. The van der Waals surface area contributed by atoms with Crippen LogP contribution in [-0.2, 0) is 6.54 Å². The molecule has 1 fully saturated rings. The minimum absolute atomic E-state index is 0.873. The van der Waals surface area contributed by atoms with Crippen LogP contribution in [0.1, 0.15) is 11.1 Å². The number of ether oxygens (including phenoxy) is 1. The van der Waals surface area contributed by atoms with Crippen molar-refractivity contribution in [2.45, 2.75) is 6.54 Å². The largest absolute Gasteiger partial charge is 0.497 e. The van der Waals surface area contributed by atoms with Crippen molar-refractivity contribution < 1.29 is 9.64 Å². The van der Waals surface area contributed by atoms with Crippen LogP contribution in [0.25, 0.3) is 10.8 Å². The van der Waals surface area contributed by atoms with E-state index in [9.17, 15) is 0 Å². The van der Waals surface area contributed by atoms with Crippen molar-refractivity contribution in [3.05, 3.63) is 77.9 Å². The van der Waals surface area contributed by atoms with Gasteiger partial charge in [-0.3, -0.25) is 5.01 Å². The number of hydrazone groups is 1. The predicted molar refractivity (Wildman–Crippen MR) is 111 cm³/mol. The van der Waals surface area contributed by atoms with Crippen molar-refractivity contribution in [1.82, 2.24) is 5.01 Å². The number of methoxy groups -OCH3 is 1. The zero-order valence-corrected chi connectivity index (χ0v) is 15.8. The van der Waals surface area contributed by atoms with Crippen molar-refractivity contribution in [2.75, 3.05) is 33.3 Å². The number of hydrogen-bond donors (Lipinski definition) is 1. The van der Waals surface area contributed by atoms with E-state index in [4.69, 9.17) is 4.74 Å². The van der Waals surface area contributed by atoms with Crippen LogP contribution in [0.5, 0.6) is 5.75 Å². The lowest BCUT2D eigenvalue weighted by Gasteiger charge is -2.30. The Hall–Kier alpha value is -2.85. The van der Waals surface area contributed by atoms with Crippen molar-refractivity contribution in [3.8, 4) is 5.75 Å². The Bertz CT molecular complexity index is 907. The quantitative estimate of drug-likeness (QED) is 0.709. The van der Waals surface area contributed by atoms with Gasteiger partial charge in [0.15, 0.2) is 0 Å². The molecule has 1 N–H and O–H groups in total. The first-order valence-corrected chi connectivity index (χ1v) is 9.55. The third-order valence-corrected chi connectivity index (χ3v) is 5.25. The van der Waals surface area contributed by atoms with Gasteiger partial charge in [0.05, 0.1) is 39.5 Å². The standard InChI is InChI=1S/C23H25N3O/c1-27-22-11-9-19(10-12-22)17-24-26-15-13-25(14-16-26)18-21-7-4-6-20-5-2-3-8-23(20)21/h2-12,17H,13-16,18H2,1H3/p+1/b24-17-. The smallest absolute Gasteiger partial charge is 0.118 e. The second kappa shape index (κ2) is 8.23. The molecule has 0 bridgehead atoms. The molecule has 4 rings (SSSR count). The molecule has 0 radical (unpaired) electrons. The monoisotopic (exact) mass is 360 g/mol. The van der Waals surface area contributed by atoms with Gasteiger partial charge in [0.1, 0.15) is 12.3 Å². The van der Waals surface area contributed by atoms with Crippen molar-refractivity contribution in [2.24, 2.45) is 5.10 Å². The van der Waals surface area contributed by atoms with E-state index >= 15 is 0 Å². The molecule has 27 heavy (non-hydrogen) atoms. The lowest BCUT2D eigenvalue weighted by molar-refractivity contribution is -0.918. The highest BCUT2D eigenvalue weighted by atomic mass is 16.5. The summed E-state index contributed by atoms with van der Waals surface area (Å²) in [5, 5.41) is 9.54. The number of quaternary nitrogens is 1. The van der Waals surface area contributed by atoms with E-state index < -0.39 is 0 Å². The minimum atomic E-state index is 0.873. The molecule has 4 heteroatoms. The van der Waals surface area contributed by atoms with Crippen LogP contribution in [0.3, 0.4) is 0 Å². The lowest BCUT2D eigenvalue weighted by Crippen LogP contribution is -3.13. The number of hydrogen-bond acceptors (Lipinski definition) is 3. The molecule has 1 heterocycles. The topological polar surface area (TPSA) is 29.3 Å². The maximum absolute atomic E-state index is 5.19. The highest BCUT2D eigenvalue weighted by Crippen LogP contribution is 2.17. The number of rotatable bonds is 5. The molecule has 0 spiro atoms. The van der Waals surface area contributed by atoms with Gasteiger partial charge in [-0.25, -0.2) is 0 Å². The van der Waals surface area contributed by atoms with E-state index in [0.717, 1.165) is 44.0 Å². The molecule has 138 valence electrons. The Labute approximate surface area is 160 Å². The van der Waals surface area contributed by atoms with Gasteiger partial charge in [0.25, 0.3) is 0 Å². The van der Waals surface area contributed by atoms with E-state index in [0.29, 0.717) is 0 Å². The molecular weight excluding hydrogens is 334 g/mol. The third kappa shape index (κ3) is 4.29. The fourth-order valence-corrected chi connectivity index (χ4v) is 3.66. The van der Waals surface area contributed by atoms with Crippen LogP contribution < -0.4 is 9.64 Å². The average Bonchev–Trinajstić information content (AvgIpc) is 2.74. The first-order valence-electron chi connectivity index (χ1n) is 9.55. The van der Waals surface area contributed by atoms with Crippen LogP contribution in [-0.4, -0.2) is 44.5 Å². The summed E-state index contributed by atoms with van der Waals surface area (Å²) in [6.07, 6.45) is 1.94. The molecule has 0 aliphatic carbocycles. The van der Waals surface area contributed by atoms with Gasteiger partial charge in [-0.05, 0) is 40.6 Å². The Morgan fingerprint density at radius 3 is 2.48 bits per heavy atom. The summed E-state index contributed by atoms with van der Waals surface area (Å²) in [5.74, 6) is 0.873. The molecule has 3 aromatic rings. The van der Waals surface area contributed by atoms with Crippen LogP contribution in [0.15, 0.2) is 71.8 Å². The maximum atomic E-state index is 5.19. The second-order valence-electron chi connectivity index (χ2n) is 7.04. The molecule has 0 aromatic heterocycles. The number of nitrogens with zero attached hydrogens (tertiary/aromatic N) is 2. The van der Waals surface area contributed by atoms with Crippen LogP contribution in [0.2, 0.25) is 0 Å². The molecule has 4 nitrogen and oxygen atoms in total. The van der Waals surface area contributed by atoms with Crippen LogP contribution >= 0.6 is 0 Å². The number of benzene rings is 3. The summed E-state index contributed by atoms with van der Waals surface area (Å²) in [6, 6.07) is 23.3. The van der Waals surface area contributed by atoms with E-state index in [1.165, 1.54) is 16.3 Å². The lowest BCUT2D eigenvalue weighted by atomic mass is 10.0. The van der Waals surface area contributed by atoms with Gasteiger partial charge < -0.3 is 9.64 Å². The molecule has 0 saturated carbocycles. The highest BCUT2D eigenvalue weighted by molar-refractivity contribution is 5.85. The summed E-state index contributed by atoms with van der Waals surface area (Å²) in [7, 11) is 1.68. The summed E-state index contributed by atoms with van der Waals surface area (Å²) in [5.41, 5.74) is 2.54. The summed E-state index contributed by atoms with van der Waals surface area (Å²) >= 11 is 0. The SMILES string of the molecule is COc1ccc(/C=N\N2CC[NH+](Cc3cccc4ccccc34)CC2)cc1. The van der Waals surface area contributed by atoms with Crippen molar-refractivity contribution >= 4 is 17.0 Å². The van der Waals surface area contributed by atoms with E-state index in [-0.39, 0.29) is 0 Å². The number of nitrogens with one attached hydrogen (secondary N) is 1. The Kier molecular flexibility index (Phi) is 5.35. The fourth-order valence-electron chi connectivity index (χ4n) is 3.66. The number of fused-ring (bicyclic) bond motifs is 1. The normalized spacial score (nSPS) is 15.5. The molecular formula is C23H26N3O+. The van der Waals surface area contributed by atoms with E-state index in [2.05, 4.69) is 52.6 Å². The number of piperazine rings is 1. The summed E-state index contributed by atoms with van der Waals surface area (Å²) in [6.45, 7) is 5.29. The first kappa shape index (κ1) is 17.6. The molecule has 0 unspecified atom stereocenters. The minimum Gasteiger partial charge on any atom is -0.497 e. The summed E-state index contributed by atoms with van der Waals surface area (Å²) < 4.78 is 5.19.